The van der Waals surface area contributed by atoms with Crippen LogP contribution >= 0.6 is 23.2 Å². The summed E-state index contributed by atoms with van der Waals surface area (Å²) in [5.74, 6) is -6.13. The van der Waals surface area contributed by atoms with Crippen LogP contribution < -0.4 is 4.90 Å². The number of phenolic OH excluding ortho intramolecular Hbond substituents is 1. The number of piperidine rings is 1. The highest BCUT2D eigenvalue weighted by atomic mass is 35.5. The molecule has 4 aromatic carbocycles. The van der Waals surface area contributed by atoms with Crippen LogP contribution in [0, 0.1) is 23.6 Å². The molecule has 1 saturated carbocycles. The number of anilines is 1. The Balaban J connectivity index is 1.10. The summed E-state index contributed by atoms with van der Waals surface area (Å²) >= 11 is 15.0. The molecule has 6 atom stereocenters. The normalized spacial score (nSPS) is 30.4. The second kappa shape index (κ2) is 12.5. The Morgan fingerprint density at radius 2 is 1.49 bits per heavy atom. The predicted molar refractivity (Wildman–Crippen MR) is 199 cm³/mol. The summed E-state index contributed by atoms with van der Waals surface area (Å²) in [7, 11) is 0. The van der Waals surface area contributed by atoms with E-state index in [1.807, 2.05) is 42.5 Å². The zero-order valence-electron chi connectivity index (χ0n) is 28.6. The smallest absolute Gasteiger partial charge is 0.258 e. The summed E-state index contributed by atoms with van der Waals surface area (Å²) in [6.45, 7) is 2.26. The maximum absolute atomic E-state index is 14.7. The van der Waals surface area contributed by atoms with E-state index in [0.717, 1.165) is 42.1 Å². The fraction of sp³-hybridized carbons (Fsp3) is 0.333. The molecule has 0 bridgehead atoms. The number of likely N-dealkylation sites (tertiary alicyclic amines) is 2. The van der Waals surface area contributed by atoms with Crippen molar-refractivity contribution in [2.24, 2.45) is 17.8 Å². The Hall–Kier alpha value is -4.57. The Bertz CT molecular complexity index is 2220. The van der Waals surface area contributed by atoms with E-state index in [0.29, 0.717) is 29.4 Å². The number of amides is 4. The van der Waals surface area contributed by atoms with Gasteiger partial charge in [0, 0.05) is 42.5 Å². The highest BCUT2D eigenvalue weighted by Gasteiger charge is 2.77. The lowest BCUT2D eigenvalue weighted by Gasteiger charge is -2.50. The Morgan fingerprint density at radius 1 is 0.792 bits per heavy atom. The second-order valence-corrected chi connectivity index (χ2v) is 16.3. The number of nitrogens with zero attached hydrogens (tertiary/aromatic N) is 3. The number of carbonyl (C=O) groups excluding carboxylic acids is 4. The number of aromatic hydroxyl groups is 1. The van der Waals surface area contributed by atoms with Gasteiger partial charge in [0.1, 0.15) is 11.6 Å². The molecule has 4 aromatic rings. The lowest BCUT2D eigenvalue weighted by molar-refractivity contribution is -0.144. The number of imide groups is 2. The number of phenols is 1. The minimum absolute atomic E-state index is 0.101. The number of rotatable bonds is 5. The van der Waals surface area contributed by atoms with E-state index in [1.54, 1.807) is 18.2 Å². The van der Waals surface area contributed by atoms with Gasteiger partial charge < -0.3 is 5.11 Å². The number of halogens is 3. The highest BCUT2D eigenvalue weighted by molar-refractivity contribution is 6.58. The summed E-state index contributed by atoms with van der Waals surface area (Å²) in [4.78, 5) is 58.6. The van der Waals surface area contributed by atoms with Gasteiger partial charge in [-0.1, -0.05) is 78.4 Å². The van der Waals surface area contributed by atoms with Gasteiger partial charge in [-0.05, 0) is 66.8 Å². The molecule has 0 aromatic heterocycles. The number of carbonyl (C=O) groups is 4. The van der Waals surface area contributed by atoms with Gasteiger partial charge in [0.15, 0.2) is 9.75 Å². The van der Waals surface area contributed by atoms with E-state index < -0.39 is 51.1 Å². The number of hydrogen-bond acceptors (Lipinski definition) is 6. The number of fused-ring (bicyclic) bond motifs is 5. The van der Waals surface area contributed by atoms with Crippen LogP contribution in [0.25, 0.3) is 10.8 Å². The first-order chi connectivity index (χ1) is 25.5. The number of benzene rings is 4. The van der Waals surface area contributed by atoms with Crippen molar-refractivity contribution < 1.29 is 28.7 Å². The van der Waals surface area contributed by atoms with E-state index in [2.05, 4.69) is 17.0 Å². The third-order valence-corrected chi connectivity index (χ3v) is 13.8. The van der Waals surface area contributed by atoms with Crippen molar-refractivity contribution in [1.29, 1.82) is 0 Å². The molecule has 53 heavy (non-hydrogen) atoms. The van der Waals surface area contributed by atoms with E-state index in [-0.39, 0.29) is 42.1 Å². The van der Waals surface area contributed by atoms with Crippen LogP contribution in [0.4, 0.5) is 10.1 Å². The quantitative estimate of drug-likeness (QED) is 0.135. The molecule has 0 radical (unpaired) electrons. The summed E-state index contributed by atoms with van der Waals surface area (Å²) < 4.78 is 14.0. The number of allylic oxidation sites excluding steroid dienone is 2. The molecule has 4 fully saturated rings. The molecular formula is C42H36Cl2FN3O5. The van der Waals surface area contributed by atoms with Crippen LogP contribution in [-0.4, -0.2) is 67.4 Å². The zero-order valence-corrected chi connectivity index (χ0v) is 30.1. The Kier molecular flexibility index (Phi) is 8.07. The monoisotopic (exact) mass is 751 g/mol. The van der Waals surface area contributed by atoms with Crippen molar-refractivity contribution in [3.8, 4) is 5.75 Å². The third-order valence-electron chi connectivity index (χ3n) is 12.3. The second-order valence-electron chi connectivity index (χ2n) is 15.0. The molecule has 2 aliphatic carbocycles. The van der Waals surface area contributed by atoms with Gasteiger partial charge >= 0.3 is 0 Å². The van der Waals surface area contributed by atoms with Gasteiger partial charge in [-0.15, -0.1) is 23.2 Å². The molecule has 5 aliphatic rings. The first-order valence-corrected chi connectivity index (χ1v) is 18.8. The van der Waals surface area contributed by atoms with Crippen LogP contribution in [0.1, 0.15) is 42.7 Å². The Morgan fingerprint density at radius 3 is 2.23 bits per heavy atom. The average Bonchev–Trinajstić information content (AvgIpc) is 3.51. The molecule has 8 nitrogen and oxygen atoms in total. The van der Waals surface area contributed by atoms with Crippen LogP contribution in [0.2, 0.25) is 0 Å². The fourth-order valence-electron chi connectivity index (χ4n) is 9.81. The predicted octanol–water partition coefficient (Wildman–Crippen LogP) is 6.91. The van der Waals surface area contributed by atoms with Crippen molar-refractivity contribution in [3.05, 3.63) is 120 Å². The SMILES string of the molecule is O=C1[C@H]2[C@H](CC=C3[C@H]2C[C@@]2(Cl)C(=O)N(c4ccc(F)cc4)C(=O)[C@@]2(Cl)[C@H]3c2ccc3ccccc3c2O)C(=O)N1C1CCN(Cc2ccccc2)CC1. The highest BCUT2D eigenvalue weighted by Crippen LogP contribution is 2.66. The van der Waals surface area contributed by atoms with Crippen molar-refractivity contribution in [1.82, 2.24) is 9.80 Å². The van der Waals surface area contributed by atoms with E-state index in [9.17, 15) is 28.7 Å². The van der Waals surface area contributed by atoms with Gasteiger partial charge in [-0.25, -0.2) is 9.29 Å². The fourth-order valence-corrected chi connectivity index (χ4v) is 10.7. The average molecular weight is 753 g/mol. The summed E-state index contributed by atoms with van der Waals surface area (Å²) in [5.41, 5.74) is 2.20. The molecule has 9 rings (SSSR count). The van der Waals surface area contributed by atoms with Crippen LogP contribution in [0.3, 0.4) is 0 Å². The lowest BCUT2D eigenvalue weighted by Crippen LogP contribution is -2.60. The standard InChI is InChI=1S/C42H36Cl2FN3O5/c43-41-22-33-30(16-17-31-34(33)38(51)47(37(31)50)28-18-20-46(21-19-28)23-24-6-2-1-3-7-24)35(32-15-10-25-8-4-5-9-29(25)36(32)49)42(41,44)40(53)48(39(41)52)27-13-11-26(45)12-14-27/h1-16,28,31,33-35,49H,17-23H2/t31-,33+,34-,35+,41+,42-/m0/s1. The summed E-state index contributed by atoms with van der Waals surface area (Å²) in [6, 6.07) is 25.6. The number of hydrogen-bond donors (Lipinski definition) is 1. The molecule has 4 amide bonds. The molecule has 0 spiro atoms. The van der Waals surface area contributed by atoms with Gasteiger partial charge in [0.2, 0.25) is 11.8 Å². The first-order valence-electron chi connectivity index (χ1n) is 18.1. The molecule has 3 aliphatic heterocycles. The molecular weight excluding hydrogens is 716 g/mol. The van der Waals surface area contributed by atoms with Gasteiger partial charge in [-0.3, -0.25) is 29.0 Å². The summed E-state index contributed by atoms with van der Waals surface area (Å²) in [6.07, 6.45) is 3.22. The Labute approximate surface area is 315 Å². The van der Waals surface area contributed by atoms with Crippen molar-refractivity contribution in [2.75, 3.05) is 18.0 Å². The van der Waals surface area contributed by atoms with Crippen molar-refractivity contribution in [3.63, 3.8) is 0 Å². The van der Waals surface area contributed by atoms with E-state index in [1.165, 1.54) is 22.6 Å². The molecule has 3 saturated heterocycles. The minimum atomic E-state index is -2.13. The largest absolute Gasteiger partial charge is 0.507 e. The minimum Gasteiger partial charge on any atom is -0.507 e. The van der Waals surface area contributed by atoms with Gasteiger partial charge in [0.05, 0.1) is 17.5 Å². The van der Waals surface area contributed by atoms with Crippen LogP contribution in [-0.2, 0) is 25.7 Å². The molecule has 11 heteroatoms. The third kappa shape index (κ3) is 4.96. The topological polar surface area (TPSA) is 98.2 Å². The van der Waals surface area contributed by atoms with Gasteiger partial charge in [0.25, 0.3) is 11.8 Å². The number of alkyl halides is 2. The summed E-state index contributed by atoms with van der Waals surface area (Å²) in [5, 5.41) is 13.1. The van der Waals surface area contributed by atoms with E-state index in [4.69, 9.17) is 23.2 Å². The van der Waals surface area contributed by atoms with Crippen LogP contribution in [0.5, 0.6) is 5.75 Å². The molecule has 0 unspecified atom stereocenters. The molecule has 1 N–H and O–H groups in total. The lowest BCUT2D eigenvalue weighted by atomic mass is 9.56. The molecule has 3 heterocycles. The first kappa shape index (κ1) is 34.2. The van der Waals surface area contributed by atoms with E-state index >= 15 is 0 Å². The van der Waals surface area contributed by atoms with Crippen molar-refractivity contribution >= 4 is 63.3 Å². The van der Waals surface area contributed by atoms with Gasteiger partial charge in [-0.2, -0.15) is 0 Å². The maximum Gasteiger partial charge on any atom is 0.258 e. The van der Waals surface area contributed by atoms with Crippen molar-refractivity contribution in [2.45, 2.75) is 53.9 Å². The molecule has 270 valence electrons. The maximum atomic E-state index is 14.7. The van der Waals surface area contributed by atoms with Crippen LogP contribution in [0.15, 0.2) is 103 Å². The zero-order chi connectivity index (χ0) is 36.8.